The zero-order valence-corrected chi connectivity index (χ0v) is 15.1. The molecule has 2 heterocycles. The maximum atomic E-state index is 12.4. The lowest BCUT2D eigenvalue weighted by molar-refractivity contribution is 0.429. The summed E-state index contributed by atoms with van der Waals surface area (Å²) in [6.45, 7) is 0. The summed E-state index contributed by atoms with van der Waals surface area (Å²) in [7, 11) is 0. The van der Waals surface area contributed by atoms with Gasteiger partial charge in [0.25, 0.3) is 5.56 Å². The molecule has 0 saturated carbocycles. The van der Waals surface area contributed by atoms with Crippen LogP contribution in [0.4, 0.5) is 0 Å². The van der Waals surface area contributed by atoms with Crippen molar-refractivity contribution in [2.45, 2.75) is 12.5 Å². The molecule has 8 nitrogen and oxygen atoms in total. The summed E-state index contributed by atoms with van der Waals surface area (Å²) >= 11 is 5.97. The molecule has 1 atom stereocenters. The Morgan fingerprint density at radius 3 is 2.64 bits per heavy atom. The number of rotatable bonds is 3. The predicted molar refractivity (Wildman–Crippen MR) is 104 cm³/mol. The van der Waals surface area contributed by atoms with Crippen LogP contribution >= 0.6 is 11.6 Å². The fourth-order valence-electron chi connectivity index (χ4n) is 3.17. The highest BCUT2D eigenvalue weighted by molar-refractivity contribution is 6.30. The molecule has 0 unspecified atom stereocenters. The molecule has 28 heavy (non-hydrogen) atoms. The van der Waals surface area contributed by atoms with Crippen molar-refractivity contribution in [3.8, 4) is 17.3 Å². The zero-order chi connectivity index (χ0) is 19.8. The maximum Gasteiger partial charge on any atom is 0.335 e. The second-order valence-electron chi connectivity index (χ2n) is 6.31. The van der Waals surface area contributed by atoms with Gasteiger partial charge in [0.15, 0.2) is 0 Å². The van der Waals surface area contributed by atoms with Crippen LogP contribution in [-0.2, 0) is 0 Å². The van der Waals surface area contributed by atoms with E-state index in [1.165, 1.54) is 6.07 Å². The summed E-state index contributed by atoms with van der Waals surface area (Å²) in [5.41, 5.74) is 2.64. The molecule has 3 aromatic rings. The number of nitrogens with zero attached hydrogens (tertiary/aromatic N) is 2. The van der Waals surface area contributed by atoms with Gasteiger partial charge in [-0.05, 0) is 35.9 Å². The van der Waals surface area contributed by atoms with Crippen LogP contribution in [0.1, 0.15) is 23.6 Å². The van der Waals surface area contributed by atoms with E-state index in [0.717, 1.165) is 10.1 Å². The fraction of sp³-hybridized carbons (Fsp3) is 0.105. The Morgan fingerprint density at radius 1 is 1.11 bits per heavy atom. The lowest BCUT2D eigenvalue weighted by Gasteiger charge is -2.12. The Morgan fingerprint density at radius 2 is 1.89 bits per heavy atom. The van der Waals surface area contributed by atoms with E-state index >= 15 is 0 Å². The Kier molecular flexibility index (Phi) is 4.40. The lowest BCUT2D eigenvalue weighted by Crippen LogP contribution is -2.33. The number of aromatic hydroxyl groups is 2. The first-order valence-electron chi connectivity index (χ1n) is 8.39. The van der Waals surface area contributed by atoms with Crippen LogP contribution in [0.15, 0.2) is 63.2 Å². The predicted octanol–water partition coefficient (Wildman–Crippen LogP) is 2.03. The summed E-state index contributed by atoms with van der Waals surface area (Å²) in [6, 6.07) is 12.7. The highest BCUT2D eigenvalue weighted by Crippen LogP contribution is 2.28. The van der Waals surface area contributed by atoms with Gasteiger partial charge in [-0.2, -0.15) is 5.10 Å². The van der Waals surface area contributed by atoms with Crippen molar-refractivity contribution in [3.63, 3.8) is 0 Å². The molecule has 0 aliphatic carbocycles. The van der Waals surface area contributed by atoms with E-state index in [1.807, 2.05) is 6.07 Å². The van der Waals surface area contributed by atoms with E-state index in [0.29, 0.717) is 16.4 Å². The average molecular weight is 399 g/mol. The molecule has 0 spiro atoms. The molecule has 9 heteroatoms. The third-order valence-corrected chi connectivity index (χ3v) is 4.70. The largest absolute Gasteiger partial charge is 0.508 e. The number of hydrogen-bond acceptors (Lipinski definition) is 6. The minimum Gasteiger partial charge on any atom is -0.508 e. The zero-order valence-electron chi connectivity index (χ0n) is 14.4. The van der Waals surface area contributed by atoms with Crippen molar-refractivity contribution in [2.24, 2.45) is 5.10 Å². The van der Waals surface area contributed by atoms with Crippen LogP contribution in [0, 0.1) is 0 Å². The van der Waals surface area contributed by atoms with Crippen molar-refractivity contribution in [1.29, 1.82) is 0 Å². The quantitative estimate of drug-likeness (QED) is 0.538. The first kappa shape index (κ1) is 17.9. The van der Waals surface area contributed by atoms with Gasteiger partial charge in [0.05, 0.1) is 17.4 Å². The van der Waals surface area contributed by atoms with E-state index in [-0.39, 0.29) is 23.8 Å². The molecule has 4 rings (SSSR count). The molecule has 1 aliphatic heterocycles. The van der Waals surface area contributed by atoms with Gasteiger partial charge in [0.2, 0.25) is 5.88 Å². The Hall–Kier alpha value is -3.52. The third kappa shape index (κ3) is 3.14. The van der Waals surface area contributed by atoms with Crippen LogP contribution in [0.2, 0.25) is 5.02 Å². The van der Waals surface area contributed by atoms with Gasteiger partial charge in [0.1, 0.15) is 11.3 Å². The van der Waals surface area contributed by atoms with Crippen molar-refractivity contribution in [2.75, 3.05) is 0 Å². The fourth-order valence-corrected chi connectivity index (χ4v) is 3.36. The van der Waals surface area contributed by atoms with Crippen molar-refractivity contribution < 1.29 is 10.2 Å². The second-order valence-corrected chi connectivity index (χ2v) is 6.75. The molecular formula is C19H15ClN4O4. The van der Waals surface area contributed by atoms with Crippen molar-refractivity contribution >= 4 is 17.3 Å². The second kappa shape index (κ2) is 6.90. The number of phenols is 1. The molecule has 0 saturated heterocycles. The number of hydrogen-bond donors (Lipinski definition) is 4. The summed E-state index contributed by atoms with van der Waals surface area (Å²) < 4.78 is 0.965. The van der Waals surface area contributed by atoms with E-state index in [1.54, 1.807) is 36.4 Å². The van der Waals surface area contributed by atoms with Crippen molar-refractivity contribution in [1.82, 2.24) is 15.0 Å². The molecule has 0 fully saturated rings. The summed E-state index contributed by atoms with van der Waals surface area (Å²) in [5, 5.41) is 24.9. The average Bonchev–Trinajstić information content (AvgIpc) is 3.11. The van der Waals surface area contributed by atoms with E-state index < -0.39 is 17.1 Å². The van der Waals surface area contributed by atoms with Gasteiger partial charge in [0, 0.05) is 11.4 Å². The number of halogens is 1. The lowest BCUT2D eigenvalue weighted by atomic mass is 10.00. The number of nitrogens with one attached hydrogen (secondary N) is 2. The normalized spacial score (nSPS) is 15.9. The van der Waals surface area contributed by atoms with E-state index in [4.69, 9.17) is 11.6 Å². The maximum absolute atomic E-state index is 12.4. The topological polar surface area (TPSA) is 120 Å². The van der Waals surface area contributed by atoms with Gasteiger partial charge >= 0.3 is 5.69 Å². The highest BCUT2D eigenvalue weighted by Gasteiger charge is 2.27. The molecule has 0 bridgehead atoms. The minimum absolute atomic E-state index is 0.102. The van der Waals surface area contributed by atoms with Crippen LogP contribution in [0.5, 0.6) is 11.6 Å². The molecular weight excluding hydrogens is 384 g/mol. The number of hydrazone groups is 1. The Bertz CT molecular complexity index is 1220. The van der Waals surface area contributed by atoms with Gasteiger partial charge in [-0.25, -0.2) is 9.36 Å². The monoisotopic (exact) mass is 398 g/mol. The molecule has 0 radical (unpaired) electrons. The molecule has 2 aromatic carbocycles. The molecule has 4 N–H and O–H groups in total. The number of benzene rings is 2. The smallest absolute Gasteiger partial charge is 0.335 e. The first-order valence-corrected chi connectivity index (χ1v) is 8.77. The highest BCUT2D eigenvalue weighted by atomic mass is 35.5. The van der Waals surface area contributed by atoms with Crippen molar-refractivity contribution in [3.05, 3.63) is 85.5 Å². The standard InChI is InChI=1S/C19H15ClN4O4/c20-11-4-2-5-12(8-11)24-18(27)16(17(26)21-19(24)28)15-9-14(22-23-15)10-3-1-6-13(25)7-10/h1-8,14,22,25,27H,9H2,(H,21,26,28)/t14-/m1/s1. The first-order chi connectivity index (χ1) is 13.4. The number of aromatic nitrogens is 2. The number of H-pyrrole nitrogens is 1. The van der Waals surface area contributed by atoms with Gasteiger partial charge in [-0.15, -0.1) is 0 Å². The Balaban J connectivity index is 1.76. The molecule has 1 aliphatic rings. The Labute approximate surface area is 163 Å². The van der Waals surface area contributed by atoms with Gasteiger partial charge < -0.3 is 15.6 Å². The summed E-state index contributed by atoms with van der Waals surface area (Å²) in [6.07, 6.45) is 0.286. The van der Waals surface area contributed by atoms with E-state index in [2.05, 4.69) is 15.5 Å². The van der Waals surface area contributed by atoms with E-state index in [9.17, 15) is 19.8 Å². The van der Waals surface area contributed by atoms with Gasteiger partial charge in [-0.3, -0.25) is 9.78 Å². The summed E-state index contributed by atoms with van der Waals surface area (Å²) in [5.74, 6) is -0.406. The van der Waals surface area contributed by atoms with Crippen LogP contribution in [0.3, 0.4) is 0 Å². The van der Waals surface area contributed by atoms with Crippen LogP contribution < -0.4 is 16.7 Å². The molecule has 1 aromatic heterocycles. The van der Waals surface area contributed by atoms with Crippen LogP contribution in [-0.4, -0.2) is 25.5 Å². The summed E-state index contributed by atoms with van der Waals surface area (Å²) in [4.78, 5) is 26.9. The number of aromatic amines is 1. The van der Waals surface area contributed by atoms with Gasteiger partial charge in [-0.1, -0.05) is 29.8 Å². The van der Waals surface area contributed by atoms with Crippen LogP contribution in [0.25, 0.3) is 5.69 Å². The molecule has 142 valence electrons. The molecule has 0 amide bonds. The number of phenolic OH excluding ortho intramolecular Hbond substituents is 1. The third-order valence-electron chi connectivity index (χ3n) is 4.47. The SMILES string of the molecule is O=c1[nH]c(=O)n(-c2cccc(Cl)c2)c(O)c1C1=NN[C@@H](c2cccc(O)c2)C1. The minimum atomic E-state index is -0.787.